The van der Waals surface area contributed by atoms with Crippen LogP contribution in [0.15, 0.2) is 18.2 Å². The van der Waals surface area contributed by atoms with E-state index in [4.69, 9.17) is 29.6 Å². The molecule has 5 heteroatoms. The maximum Gasteiger partial charge on any atom is 0.322 e. The second-order valence-corrected chi connectivity index (χ2v) is 4.59. The molecule has 1 rings (SSSR count). The summed E-state index contributed by atoms with van der Waals surface area (Å²) in [4.78, 5) is 13.5. The van der Waals surface area contributed by atoms with Crippen LogP contribution in [0.3, 0.4) is 0 Å². The zero-order chi connectivity index (χ0) is 13.5. The molecule has 1 aromatic carbocycles. The third-order valence-electron chi connectivity index (χ3n) is 2.18. The molecule has 1 aromatic rings. The predicted octanol–water partition coefficient (Wildman–Crippen LogP) is 3.87. The van der Waals surface area contributed by atoms with E-state index >= 15 is 0 Å². The van der Waals surface area contributed by atoms with Crippen LogP contribution in [0.4, 0.5) is 10.5 Å². The Hall–Kier alpha value is -1.37. The minimum atomic E-state index is -0.256. The van der Waals surface area contributed by atoms with Crippen LogP contribution in [0.5, 0.6) is 0 Å². The fourth-order valence-corrected chi connectivity index (χ4v) is 1.99. The molecular formula is C13H14Cl2N2O. The van der Waals surface area contributed by atoms with Crippen molar-refractivity contribution in [2.45, 2.75) is 13.3 Å². The lowest BCUT2D eigenvalue weighted by Crippen LogP contribution is -2.35. The fourth-order valence-electron chi connectivity index (χ4n) is 1.46. The molecule has 0 saturated carbocycles. The van der Waals surface area contributed by atoms with E-state index in [1.807, 2.05) is 6.92 Å². The summed E-state index contributed by atoms with van der Waals surface area (Å²) in [7, 11) is 0. The van der Waals surface area contributed by atoms with Gasteiger partial charge in [-0.15, -0.1) is 6.42 Å². The lowest BCUT2D eigenvalue weighted by molar-refractivity contribution is 0.218. The number of benzene rings is 1. The number of nitrogens with zero attached hydrogens (tertiary/aromatic N) is 1. The number of hydrogen-bond donors (Lipinski definition) is 1. The highest BCUT2D eigenvalue weighted by atomic mass is 35.5. The number of carbonyl (C=O) groups is 1. The Labute approximate surface area is 117 Å². The summed E-state index contributed by atoms with van der Waals surface area (Å²) in [6.07, 6.45) is 6.06. The molecule has 0 aliphatic heterocycles. The summed E-state index contributed by atoms with van der Waals surface area (Å²) in [5.74, 6) is 2.46. The molecule has 1 N–H and O–H groups in total. The van der Waals surface area contributed by atoms with Crippen LogP contribution in [0, 0.1) is 12.3 Å². The smallest absolute Gasteiger partial charge is 0.313 e. The molecule has 18 heavy (non-hydrogen) atoms. The molecule has 0 aliphatic rings. The number of amides is 2. The monoisotopic (exact) mass is 284 g/mol. The molecule has 0 bridgehead atoms. The molecule has 0 atom stereocenters. The van der Waals surface area contributed by atoms with Gasteiger partial charge in [0.15, 0.2) is 0 Å². The average Bonchev–Trinajstić information content (AvgIpc) is 2.27. The van der Waals surface area contributed by atoms with Crippen molar-refractivity contribution in [2.24, 2.45) is 0 Å². The standard InChI is InChI=1S/C13H14Cl2N2O/c1-3-5-17(6-4-2)13(18)16-12-8-10(14)7-11(15)9-12/h1,7-9H,4-6H2,2H3,(H,16,18). The summed E-state index contributed by atoms with van der Waals surface area (Å²) in [5.41, 5.74) is 0.552. The Morgan fingerprint density at radius 3 is 2.50 bits per heavy atom. The quantitative estimate of drug-likeness (QED) is 0.837. The zero-order valence-corrected chi connectivity index (χ0v) is 11.6. The Bertz CT molecular complexity index is 448. The van der Waals surface area contributed by atoms with Gasteiger partial charge in [0.1, 0.15) is 0 Å². The Morgan fingerprint density at radius 1 is 1.39 bits per heavy atom. The number of halogens is 2. The summed E-state index contributed by atoms with van der Waals surface area (Å²) in [6, 6.07) is 4.61. The van der Waals surface area contributed by atoms with Gasteiger partial charge in [0.05, 0.1) is 6.54 Å². The third-order valence-corrected chi connectivity index (χ3v) is 2.61. The molecule has 0 fully saturated rings. The van der Waals surface area contributed by atoms with Crippen molar-refractivity contribution in [1.29, 1.82) is 0 Å². The van der Waals surface area contributed by atoms with Crippen molar-refractivity contribution >= 4 is 34.9 Å². The molecule has 0 radical (unpaired) electrons. The largest absolute Gasteiger partial charge is 0.322 e. The lowest BCUT2D eigenvalue weighted by atomic mass is 10.3. The van der Waals surface area contributed by atoms with Crippen LogP contribution in [-0.4, -0.2) is 24.0 Å². The third kappa shape index (κ3) is 4.48. The molecule has 3 nitrogen and oxygen atoms in total. The number of carbonyl (C=O) groups excluding carboxylic acids is 1. The second-order valence-electron chi connectivity index (χ2n) is 3.71. The molecule has 2 amide bonds. The van der Waals surface area contributed by atoms with Crippen LogP contribution < -0.4 is 5.32 Å². The average molecular weight is 285 g/mol. The summed E-state index contributed by atoms with van der Waals surface area (Å²) in [5, 5.41) is 3.65. The number of nitrogens with one attached hydrogen (secondary N) is 1. The summed E-state index contributed by atoms with van der Waals surface area (Å²) >= 11 is 11.7. The van der Waals surface area contributed by atoms with E-state index in [1.165, 1.54) is 0 Å². The van der Waals surface area contributed by atoms with Gasteiger partial charge in [-0.25, -0.2) is 4.79 Å². The van der Waals surface area contributed by atoms with Gasteiger partial charge in [-0.1, -0.05) is 36.0 Å². The van der Waals surface area contributed by atoms with E-state index in [0.29, 0.717) is 22.3 Å². The maximum atomic E-state index is 11.9. The fraction of sp³-hybridized carbons (Fsp3) is 0.308. The van der Waals surface area contributed by atoms with E-state index in [1.54, 1.807) is 23.1 Å². The van der Waals surface area contributed by atoms with Crippen molar-refractivity contribution in [3.8, 4) is 12.3 Å². The predicted molar refractivity (Wildman–Crippen MR) is 76.2 cm³/mol. The highest BCUT2D eigenvalue weighted by molar-refractivity contribution is 6.35. The topological polar surface area (TPSA) is 32.3 Å². The number of anilines is 1. The van der Waals surface area contributed by atoms with Gasteiger partial charge in [0.2, 0.25) is 0 Å². The van der Waals surface area contributed by atoms with Crippen molar-refractivity contribution in [1.82, 2.24) is 4.90 Å². The van der Waals surface area contributed by atoms with Gasteiger partial charge in [0.25, 0.3) is 0 Å². The SMILES string of the molecule is C#CCN(CCC)C(=O)Nc1cc(Cl)cc(Cl)c1. The number of hydrogen-bond acceptors (Lipinski definition) is 1. The minimum Gasteiger partial charge on any atom is -0.313 e. The van der Waals surface area contributed by atoms with Crippen LogP contribution in [0.1, 0.15) is 13.3 Å². The minimum absolute atomic E-state index is 0.256. The Morgan fingerprint density at radius 2 is 2.00 bits per heavy atom. The first-order valence-corrected chi connectivity index (χ1v) is 6.28. The van der Waals surface area contributed by atoms with Crippen LogP contribution in [0.2, 0.25) is 10.0 Å². The van der Waals surface area contributed by atoms with Crippen LogP contribution in [0.25, 0.3) is 0 Å². The van der Waals surface area contributed by atoms with E-state index in [2.05, 4.69) is 11.2 Å². The second kappa shape index (κ2) is 7.15. The first-order valence-electron chi connectivity index (χ1n) is 5.52. The lowest BCUT2D eigenvalue weighted by Gasteiger charge is -2.20. The van der Waals surface area contributed by atoms with E-state index in [-0.39, 0.29) is 12.6 Å². The van der Waals surface area contributed by atoms with Crippen LogP contribution >= 0.6 is 23.2 Å². The van der Waals surface area contributed by atoms with Gasteiger partial charge in [-0.2, -0.15) is 0 Å². The molecular weight excluding hydrogens is 271 g/mol. The van der Waals surface area contributed by atoms with Crippen LogP contribution in [-0.2, 0) is 0 Å². The molecule has 0 heterocycles. The van der Waals surface area contributed by atoms with Crippen molar-refractivity contribution < 1.29 is 4.79 Å². The molecule has 96 valence electrons. The Balaban J connectivity index is 2.76. The normalized spacial score (nSPS) is 9.67. The van der Waals surface area contributed by atoms with Gasteiger partial charge >= 0.3 is 6.03 Å². The first-order chi connectivity index (χ1) is 8.56. The van der Waals surface area contributed by atoms with Crippen molar-refractivity contribution in [3.05, 3.63) is 28.2 Å². The van der Waals surface area contributed by atoms with Crippen molar-refractivity contribution in [3.63, 3.8) is 0 Å². The number of rotatable bonds is 4. The van der Waals surface area contributed by atoms with E-state index in [0.717, 1.165) is 6.42 Å². The van der Waals surface area contributed by atoms with Gasteiger partial charge < -0.3 is 10.2 Å². The maximum absolute atomic E-state index is 11.9. The van der Waals surface area contributed by atoms with E-state index < -0.39 is 0 Å². The number of terminal acetylenes is 1. The highest BCUT2D eigenvalue weighted by Crippen LogP contribution is 2.22. The molecule has 0 saturated heterocycles. The summed E-state index contributed by atoms with van der Waals surface area (Å²) in [6.45, 7) is 2.85. The molecule has 0 unspecified atom stereocenters. The van der Waals surface area contributed by atoms with E-state index in [9.17, 15) is 4.79 Å². The summed E-state index contributed by atoms with van der Waals surface area (Å²) < 4.78 is 0. The molecule has 0 aliphatic carbocycles. The first kappa shape index (κ1) is 14.7. The highest BCUT2D eigenvalue weighted by Gasteiger charge is 2.11. The van der Waals surface area contributed by atoms with Gasteiger partial charge in [-0.05, 0) is 24.6 Å². The molecule has 0 spiro atoms. The zero-order valence-electron chi connectivity index (χ0n) is 10.0. The number of urea groups is 1. The van der Waals surface area contributed by atoms with Crippen molar-refractivity contribution in [2.75, 3.05) is 18.4 Å². The Kier molecular flexibility index (Phi) is 5.84. The van der Waals surface area contributed by atoms with Gasteiger partial charge in [0, 0.05) is 22.3 Å². The molecule has 0 aromatic heterocycles. The van der Waals surface area contributed by atoms with Gasteiger partial charge in [-0.3, -0.25) is 0 Å².